The summed E-state index contributed by atoms with van der Waals surface area (Å²) in [5.74, 6) is -3.66. The van der Waals surface area contributed by atoms with E-state index < -0.39 is 174 Å². The Balaban J connectivity index is 0.000000177. The molecule has 0 bridgehead atoms. The van der Waals surface area contributed by atoms with Crippen LogP contribution < -0.4 is 14.7 Å². The molecule has 0 unspecified atom stereocenters. The molecule has 6 fully saturated rings. The molecule has 3 aliphatic carbocycles. The van der Waals surface area contributed by atoms with Gasteiger partial charge in [-0.3, -0.25) is 28.4 Å². The number of likely N-dealkylation sites (tertiary alicyclic amines) is 3. The molecular weight excluding hydrogens is 1890 g/mol. The van der Waals surface area contributed by atoms with E-state index in [9.17, 15) is 118 Å². The third-order valence-corrected chi connectivity index (χ3v) is 26.3. The lowest BCUT2D eigenvalue weighted by Gasteiger charge is -2.34. The van der Waals surface area contributed by atoms with Crippen LogP contribution in [-0.4, -0.2) is 201 Å². The van der Waals surface area contributed by atoms with Crippen molar-refractivity contribution in [2.45, 2.75) is 223 Å². The number of carboxylic acids is 3. The lowest BCUT2D eigenvalue weighted by Crippen LogP contribution is -2.44. The van der Waals surface area contributed by atoms with Crippen LogP contribution in [0.2, 0.25) is 0 Å². The summed E-state index contributed by atoms with van der Waals surface area (Å²) >= 11 is 0. The molecule has 756 valence electrons. The molecule has 15 rings (SSSR count). The number of carbonyl (C=O) groups excluding carboxylic acids is 3. The zero-order chi connectivity index (χ0) is 102. The summed E-state index contributed by atoms with van der Waals surface area (Å²) in [4.78, 5) is 110. The number of halogens is 18. The molecule has 0 spiro atoms. The summed E-state index contributed by atoms with van der Waals surface area (Å²) in [7, 11) is 5.18. The Bertz CT molecular complexity index is 5720. The summed E-state index contributed by atoms with van der Waals surface area (Å²) in [5.41, 5.74) is -6.70. The fourth-order valence-electron chi connectivity index (χ4n) is 18.4. The summed E-state index contributed by atoms with van der Waals surface area (Å²) in [5, 5.41) is 40.5. The summed E-state index contributed by atoms with van der Waals surface area (Å²) in [6, 6.07) is 1.39. The maximum atomic E-state index is 13.7. The molecule has 48 heteroatoms. The Kier molecular flexibility index (Phi) is 31.7. The normalized spacial score (nSPS) is 21.0. The quantitative estimate of drug-likeness (QED) is 0.0335. The number of hydrogen-bond acceptors (Lipinski definition) is 21. The average molecular weight is 1990 g/mol. The summed E-state index contributed by atoms with van der Waals surface area (Å²) < 4.78 is 268. The molecule has 30 nitrogen and oxygen atoms in total. The highest BCUT2D eigenvalue weighted by Gasteiger charge is 2.49. The van der Waals surface area contributed by atoms with E-state index in [2.05, 4.69) is 45.2 Å². The minimum atomic E-state index is -5.03. The highest BCUT2D eigenvalue weighted by atomic mass is 19.4. The number of aromatic nitrogens is 12. The maximum absolute atomic E-state index is 13.7. The van der Waals surface area contributed by atoms with Crippen LogP contribution in [0.1, 0.15) is 174 Å². The number of rotatable bonds is 26. The van der Waals surface area contributed by atoms with E-state index in [-0.39, 0.29) is 123 Å². The molecule has 3 saturated heterocycles. The third-order valence-electron chi connectivity index (χ3n) is 26.3. The van der Waals surface area contributed by atoms with E-state index in [4.69, 9.17) is 19.3 Å². The number of nitrogens with zero attached hydrogens (tertiary/aromatic N) is 18. The fourth-order valence-corrected chi connectivity index (χ4v) is 18.4. The minimum Gasteiger partial charge on any atom is -0.481 e. The number of hydrogen-bond donors (Lipinski definition) is 3. The average Bonchev–Trinajstić information content (AvgIpc) is 0.829. The largest absolute Gasteiger partial charge is 0.481 e. The first-order valence-electron chi connectivity index (χ1n) is 44.9. The maximum Gasteiger partial charge on any atom is 0.416 e. The van der Waals surface area contributed by atoms with Crippen LogP contribution in [0.25, 0.3) is 33.4 Å². The van der Waals surface area contributed by atoms with Gasteiger partial charge in [-0.05, 0) is 167 Å². The van der Waals surface area contributed by atoms with E-state index in [1.165, 1.54) is 66.6 Å². The Morgan fingerprint density at radius 1 is 0.386 bits per heavy atom. The Labute approximate surface area is 789 Å². The lowest BCUT2D eigenvalue weighted by atomic mass is 9.82. The highest BCUT2D eigenvalue weighted by Crippen LogP contribution is 2.46. The van der Waals surface area contributed by atoms with E-state index in [1.54, 1.807) is 72.4 Å². The zero-order valence-electron chi connectivity index (χ0n) is 76.2. The first-order valence-corrected chi connectivity index (χ1v) is 44.9. The molecule has 3 N–H and O–H groups in total. The van der Waals surface area contributed by atoms with E-state index in [0.29, 0.717) is 153 Å². The number of aryl methyl sites for hydroxylation is 3. The van der Waals surface area contributed by atoms with Gasteiger partial charge in [0.15, 0.2) is 0 Å². The van der Waals surface area contributed by atoms with E-state index in [1.807, 2.05) is 20.8 Å². The van der Waals surface area contributed by atoms with Gasteiger partial charge >= 0.3 is 73.2 Å². The molecule has 140 heavy (non-hydrogen) atoms. The van der Waals surface area contributed by atoms with Crippen molar-refractivity contribution in [3.63, 3.8) is 0 Å². The molecule has 9 heterocycles. The second-order valence-electron chi connectivity index (χ2n) is 36.0. The van der Waals surface area contributed by atoms with E-state index >= 15 is 0 Å². The molecule has 6 aromatic heterocycles. The van der Waals surface area contributed by atoms with Gasteiger partial charge in [0.2, 0.25) is 17.8 Å². The van der Waals surface area contributed by atoms with Crippen LogP contribution in [-0.2, 0) is 106 Å². The molecule has 6 aliphatic rings. The van der Waals surface area contributed by atoms with Gasteiger partial charge in [0.25, 0.3) is 0 Å². The molecule has 3 saturated carbocycles. The zero-order valence-corrected chi connectivity index (χ0v) is 76.2. The Morgan fingerprint density at radius 2 is 0.679 bits per heavy atom. The number of amides is 3. The lowest BCUT2D eigenvalue weighted by molar-refractivity contribution is -0.151. The van der Waals surface area contributed by atoms with Crippen molar-refractivity contribution in [1.82, 2.24) is 73.9 Å². The van der Waals surface area contributed by atoms with Gasteiger partial charge in [-0.1, -0.05) is 33.6 Å². The van der Waals surface area contributed by atoms with Crippen molar-refractivity contribution in [2.24, 2.45) is 44.3 Å². The molecule has 3 aliphatic heterocycles. The molecule has 9 aromatic rings. The van der Waals surface area contributed by atoms with Gasteiger partial charge in [0.1, 0.15) is 18.1 Å². The Morgan fingerprint density at radius 3 is 0.943 bits per heavy atom. The van der Waals surface area contributed by atoms with Crippen LogP contribution in [0.15, 0.2) is 129 Å². The van der Waals surface area contributed by atoms with Gasteiger partial charge in [-0.25, -0.2) is 44.3 Å². The predicted octanol–water partition coefficient (Wildman–Crippen LogP) is 19.1. The van der Waals surface area contributed by atoms with Crippen molar-refractivity contribution in [2.75, 3.05) is 47.5 Å². The minimum absolute atomic E-state index is 0.00375. The number of benzene rings is 3. The smallest absolute Gasteiger partial charge is 0.416 e. The number of anilines is 3. The number of carboxylic acid groups (broad SMARTS) is 3. The van der Waals surface area contributed by atoms with Crippen molar-refractivity contribution < 1.29 is 137 Å². The van der Waals surface area contributed by atoms with Crippen molar-refractivity contribution in [3.05, 3.63) is 179 Å². The topological polar surface area (TPSA) is 341 Å². The second-order valence-corrected chi connectivity index (χ2v) is 36.0. The van der Waals surface area contributed by atoms with Gasteiger partial charge in [-0.15, -0.1) is 0 Å². The number of ether oxygens (including phenoxy) is 3. The number of carbonyl (C=O) groups is 6. The van der Waals surface area contributed by atoms with Crippen molar-refractivity contribution in [3.8, 4) is 33.4 Å². The van der Waals surface area contributed by atoms with Gasteiger partial charge in [-0.2, -0.15) is 94.3 Å². The first-order chi connectivity index (χ1) is 65.8. The number of aliphatic carboxylic acids is 3. The third kappa shape index (κ3) is 25.6. The van der Waals surface area contributed by atoms with Gasteiger partial charge in [0.05, 0.1) is 88.5 Å². The van der Waals surface area contributed by atoms with Crippen LogP contribution in [0.5, 0.6) is 0 Å². The van der Waals surface area contributed by atoms with Crippen LogP contribution in [0.4, 0.5) is 111 Å². The van der Waals surface area contributed by atoms with Gasteiger partial charge in [0, 0.05) is 168 Å². The summed E-state index contributed by atoms with van der Waals surface area (Å²) in [6.45, 7) is 4.23. The molecular formula is C92H100F18N18O12. The SMILES string of the molecule is CC[C@@H]1C[C@H](N(Cc2cc(C(F)(F)F)cc(C(F)(F)F)c2)c2ncc(-c3cnn(C)c3)cn2)CN1C(=O)OC1CC(C(=O)O)C1.CC[C@@H]1C[C@H](N(Cc2cc(C(F)(F)F)cc(C(F)(F)F)c2)c2ncc(-c3cnn(C)c3)cn2)CN1C(=O)OCC1(C(=O)O)CCCC1.CC[C@@H]1C[C@H](N(Cc2cc(C(F)(F)F)cc(C(F)(F)F)c2)c2ncc(-c3cnn(C)c3)cn2)CN1C(=O)OCC1CCC(C(=O)O)CC1. The number of alkyl halides is 18. The monoisotopic (exact) mass is 1990 g/mol. The standard InChI is InChI=1S/C32H36F6N6O4.C31H34F6N6O4.C29H30F6N6O4/c1-3-26-11-27(17-44(26)30(47)48-18-19-4-6-21(7-5-19)28(45)46)43(29-39-12-22(13-40-29)23-14-41-42(2)16-23)15-20-8-24(31(33,34)35)10-25(9-20)32(36,37)38;1-3-24-11-25(17-43(24)28(46)47-18-29(26(44)45)6-4-5-7-29)42(27-38-12-20(13-39-27)21-14-40-41(2)16-21)15-19-8-22(30(32,33)34)10-23(9-19)31(35,36)37;1-3-22-9-23(15-41(22)27(44)45-24-6-17(7-24)25(42)43)40(26-36-10-18(11-37-26)19-12-38-39(2)14-19)13-16-4-20(28(30,31)32)8-21(5-16)29(33,34)35/h8-10,12-14,16,19,21,26-27H,3-7,11,15,17-18H2,1-2H3,(H,45,46);8-10,12-14,16,24-25H,3-7,11,15,17-18H2,1-2H3,(H,44,45);4-5,8,10-12,14,17,22-24H,3,6-7,9,13,15H2,1-2H3,(H,42,43)/t19?,21?,26-,27+;24-,25+;17?,22-,23+,24?/m111/s1. The van der Waals surface area contributed by atoms with Crippen molar-refractivity contribution in [1.29, 1.82) is 0 Å². The fraction of sp³-hybridized carbons (Fsp3) is 0.511. The first kappa shape index (κ1) is 104. The van der Waals surface area contributed by atoms with Crippen LogP contribution >= 0.6 is 0 Å². The highest BCUT2D eigenvalue weighted by molar-refractivity contribution is 5.77. The van der Waals surface area contributed by atoms with Crippen LogP contribution in [0.3, 0.4) is 0 Å². The second kappa shape index (κ2) is 42.5. The molecule has 6 atom stereocenters. The molecule has 0 radical (unpaired) electrons. The Hall–Kier alpha value is -13.1. The molecule has 3 aromatic carbocycles. The molecule has 3 amide bonds. The van der Waals surface area contributed by atoms with Crippen LogP contribution in [0, 0.1) is 23.2 Å². The van der Waals surface area contributed by atoms with Crippen molar-refractivity contribution >= 4 is 54.0 Å². The van der Waals surface area contributed by atoms with E-state index in [0.717, 1.165) is 0 Å². The predicted molar refractivity (Wildman–Crippen MR) is 463 cm³/mol. The summed E-state index contributed by atoms with van der Waals surface area (Å²) in [6.07, 6.45) is -6.63. The van der Waals surface area contributed by atoms with Gasteiger partial charge < -0.3 is 58.9 Å².